The van der Waals surface area contributed by atoms with Crippen LogP contribution in [0.1, 0.15) is 13.3 Å². The topological polar surface area (TPSA) is 61.5 Å². The lowest BCUT2D eigenvalue weighted by molar-refractivity contribution is -0.137. The van der Waals surface area contributed by atoms with Gasteiger partial charge in [-0.1, -0.05) is 6.08 Å². The van der Waals surface area contributed by atoms with Gasteiger partial charge in [0, 0.05) is 25.8 Å². The molecule has 0 radical (unpaired) electrons. The first-order valence-corrected chi connectivity index (χ1v) is 4.30. The maximum Gasteiger partial charge on any atom is 0.330 e. The number of carbonyl (C=O) groups excluding carboxylic acids is 1. The van der Waals surface area contributed by atoms with Crippen molar-refractivity contribution in [2.75, 3.05) is 20.3 Å². The van der Waals surface area contributed by atoms with Crippen molar-refractivity contribution in [1.29, 1.82) is 0 Å². The molecule has 0 spiro atoms. The average molecular weight is 187 g/mol. The second-order valence-electron chi connectivity index (χ2n) is 2.56. The van der Waals surface area contributed by atoms with Crippen LogP contribution in [-0.4, -0.2) is 32.3 Å². The maximum absolute atomic E-state index is 10.8. The molecule has 4 heteroatoms. The smallest absolute Gasteiger partial charge is 0.330 e. The molecule has 0 aromatic rings. The van der Waals surface area contributed by atoms with Crippen LogP contribution >= 0.6 is 0 Å². The molecule has 0 aliphatic heterocycles. The van der Waals surface area contributed by atoms with E-state index in [1.165, 1.54) is 6.08 Å². The summed E-state index contributed by atoms with van der Waals surface area (Å²) < 4.78 is 9.52. The van der Waals surface area contributed by atoms with E-state index in [9.17, 15) is 4.79 Å². The van der Waals surface area contributed by atoms with Crippen LogP contribution in [0.15, 0.2) is 12.2 Å². The van der Waals surface area contributed by atoms with Gasteiger partial charge in [-0.15, -0.1) is 0 Å². The minimum Gasteiger partial charge on any atom is -0.463 e. The van der Waals surface area contributed by atoms with Crippen molar-refractivity contribution in [3.63, 3.8) is 0 Å². The van der Waals surface area contributed by atoms with Crippen LogP contribution in [0.25, 0.3) is 0 Å². The SMILES string of the molecule is CCOC(=O)/C=C/[C@@H](N)CCOC. The number of hydrogen-bond donors (Lipinski definition) is 1. The molecule has 0 fully saturated rings. The lowest BCUT2D eigenvalue weighted by Crippen LogP contribution is -2.19. The number of esters is 1. The van der Waals surface area contributed by atoms with Crippen LogP contribution in [0, 0.1) is 0 Å². The zero-order chi connectivity index (χ0) is 10.1. The Bertz CT molecular complexity index is 168. The lowest BCUT2D eigenvalue weighted by atomic mass is 10.2. The molecule has 0 amide bonds. The fourth-order valence-electron chi connectivity index (χ4n) is 0.743. The highest BCUT2D eigenvalue weighted by atomic mass is 16.5. The van der Waals surface area contributed by atoms with Crippen LogP contribution in [0.3, 0.4) is 0 Å². The second-order valence-corrected chi connectivity index (χ2v) is 2.56. The van der Waals surface area contributed by atoms with Gasteiger partial charge < -0.3 is 15.2 Å². The summed E-state index contributed by atoms with van der Waals surface area (Å²) in [6, 6.07) is -0.149. The van der Waals surface area contributed by atoms with Crippen molar-refractivity contribution >= 4 is 5.97 Å². The molecule has 0 aromatic heterocycles. The van der Waals surface area contributed by atoms with Crippen molar-refractivity contribution in [2.24, 2.45) is 5.73 Å². The van der Waals surface area contributed by atoms with Gasteiger partial charge in [-0.25, -0.2) is 4.79 Å². The van der Waals surface area contributed by atoms with Gasteiger partial charge >= 0.3 is 5.97 Å². The summed E-state index contributed by atoms with van der Waals surface area (Å²) in [7, 11) is 1.61. The van der Waals surface area contributed by atoms with Crippen LogP contribution in [0.2, 0.25) is 0 Å². The van der Waals surface area contributed by atoms with Gasteiger partial charge in [-0.3, -0.25) is 0 Å². The first-order valence-electron chi connectivity index (χ1n) is 4.30. The monoisotopic (exact) mass is 187 g/mol. The average Bonchev–Trinajstić information content (AvgIpc) is 2.12. The summed E-state index contributed by atoms with van der Waals surface area (Å²) in [6.07, 6.45) is 3.67. The lowest BCUT2D eigenvalue weighted by Gasteiger charge is -2.04. The third kappa shape index (κ3) is 7.49. The Kier molecular flexibility index (Phi) is 7.24. The van der Waals surface area contributed by atoms with Crippen LogP contribution in [0.5, 0.6) is 0 Å². The minimum absolute atomic E-state index is 0.149. The highest BCUT2D eigenvalue weighted by Crippen LogP contribution is 1.91. The highest BCUT2D eigenvalue weighted by Gasteiger charge is 1.98. The van der Waals surface area contributed by atoms with Crippen LogP contribution < -0.4 is 5.73 Å². The van der Waals surface area contributed by atoms with Crippen molar-refractivity contribution in [3.05, 3.63) is 12.2 Å². The van der Waals surface area contributed by atoms with Gasteiger partial charge in [-0.05, 0) is 13.3 Å². The standard InChI is InChI=1S/C9H17NO3/c1-3-13-9(11)5-4-8(10)6-7-12-2/h4-5,8H,3,6-7,10H2,1-2H3/b5-4+/t8-/m1/s1. The number of methoxy groups -OCH3 is 1. The number of nitrogens with two attached hydrogens (primary N) is 1. The predicted molar refractivity (Wildman–Crippen MR) is 50.2 cm³/mol. The quantitative estimate of drug-likeness (QED) is 0.485. The van der Waals surface area contributed by atoms with Crippen molar-refractivity contribution in [1.82, 2.24) is 0 Å². The van der Waals surface area contributed by atoms with Gasteiger partial charge in [0.05, 0.1) is 6.61 Å². The van der Waals surface area contributed by atoms with Gasteiger partial charge in [0.2, 0.25) is 0 Å². The predicted octanol–water partition coefficient (Wildman–Crippen LogP) is 0.469. The Morgan fingerprint density at radius 1 is 1.62 bits per heavy atom. The van der Waals surface area contributed by atoms with Crippen molar-refractivity contribution in [3.8, 4) is 0 Å². The summed E-state index contributed by atoms with van der Waals surface area (Å²) in [4.78, 5) is 10.8. The highest BCUT2D eigenvalue weighted by molar-refractivity contribution is 5.81. The molecule has 1 atom stereocenters. The normalized spacial score (nSPS) is 13.2. The van der Waals surface area contributed by atoms with Crippen LogP contribution in [0.4, 0.5) is 0 Å². The molecule has 0 saturated carbocycles. The Balaban J connectivity index is 3.62. The number of rotatable bonds is 6. The molecule has 0 aliphatic rings. The molecule has 2 N–H and O–H groups in total. The molecule has 0 saturated heterocycles. The summed E-state index contributed by atoms with van der Waals surface area (Å²) in [5.41, 5.74) is 5.63. The van der Waals surface area contributed by atoms with Crippen LogP contribution in [-0.2, 0) is 14.3 Å². The number of hydrogen-bond acceptors (Lipinski definition) is 4. The largest absolute Gasteiger partial charge is 0.463 e. The Hall–Kier alpha value is -0.870. The van der Waals surface area contributed by atoms with Gasteiger partial charge in [-0.2, -0.15) is 0 Å². The molecule has 4 nitrogen and oxygen atoms in total. The van der Waals surface area contributed by atoms with Crippen molar-refractivity contribution in [2.45, 2.75) is 19.4 Å². The van der Waals surface area contributed by atoms with Crippen molar-refractivity contribution < 1.29 is 14.3 Å². The van der Waals surface area contributed by atoms with E-state index >= 15 is 0 Å². The molecule has 0 heterocycles. The van der Waals surface area contributed by atoms with E-state index < -0.39 is 0 Å². The molecule has 0 rings (SSSR count). The molecule has 13 heavy (non-hydrogen) atoms. The Morgan fingerprint density at radius 3 is 2.85 bits per heavy atom. The Morgan fingerprint density at radius 2 is 2.31 bits per heavy atom. The zero-order valence-electron chi connectivity index (χ0n) is 8.16. The second kappa shape index (κ2) is 7.76. The minimum atomic E-state index is -0.352. The summed E-state index contributed by atoms with van der Waals surface area (Å²) in [5.74, 6) is -0.352. The third-order valence-electron chi connectivity index (χ3n) is 1.42. The summed E-state index contributed by atoms with van der Waals surface area (Å²) in [5, 5.41) is 0. The van der Waals surface area contributed by atoms with E-state index in [2.05, 4.69) is 4.74 Å². The number of ether oxygens (including phenoxy) is 2. The Labute approximate surface area is 78.7 Å². The molecule has 0 bridgehead atoms. The summed E-state index contributed by atoms with van der Waals surface area (Å²) >= 11 is 0. The molecule has 0 aromatic carbocycles. The molecule has 0 unspecified atom stereocenters. The zero-order valence-corrected chi connectivity index (χ0v) is 8.16. The fourth-order valence-corrected chi connectivity index (χ4v) is 0.743. The fraction of sp³-hybridized carbons (Fsp3) is 0.667. The van der Waals surface area contributed by atoms with E-state index in [4.69, 9.17) is 10.5 Å². The molecular formula is C9H17NO3. The molecule has 76 valence electrons. The van der Waals surface area contributed by atoms with Gasteiger partial charge in [0.25, 0.3) is 0 Å². The first kappa shape index (κ1) is 12.1. The molecule has 0 aliphatic carbocycles. The molecular weight excluding hydrogens is 170 g/mol. The maximum atomic E-state index is 10.8. The van der Waals surface area contributed by atoms with Gasteiger partial charge in [0.1, 0.15) is 0 Å². The van der Waals surface area contributed by atoms with E-state index in [1.54, 1.807) is 20.1 Å². The third-order valence-corrected chi connectivity index (χ3v) is 1.42. The number of carbonyl (C=O) groups is 1. The van der Waals surface area contributed by atoms with E-state index in [1.807, 2.05) is 0 Å². The van der Waals surface area contributed by atoms with Gasteiger partial charge in [0.15, 0.2) is 0 Å². The summed E-state index contributed by atoms with van der Waals surface area (Å²) in [6.45, 7) is 2.74. The first-order chi connectivity index (χ1) is 6.20. The van der Waals surface area contributed by atoms with E-state index in [0.717, 1.165) is 0 Å². The van der Waals surface area contributed by atoms with E-state index in [-0.39, 0.29) is 12.0 Å². The van der Waals surface area contributed by atoms with E-state index in [0.29, 0.717) is 19.6 Å².